The summed E-state index contributed by atoms with van der Waals surface area (Å²) >= 11 is 0. The fraction of sp³-hybridized carbons (Fsp3) is 0.444. The number of fused-ring (bicyclic) bond motifs is 2. The molecule has 0 saturated carbocycles. The van der Waals surface area contributed by atoms with E-state index in [0.717, 1.165) is 42.9 Å². The van der Waals surface area contributed by atoms with Crippen LogP contribution in [0, 0.1) is 25.5 Å². The van der Waals surface area contributed by atoms with E-state index >= 15 is 0 Å². The normalized spacial score (nSPS) is 23.2. The van der Waals surface area contributed by atoms with Crippen LogP contribution in [0.25, 0.3) is 0 Å². The minimum atomic E-state index is -0.513. The summed E-state index contributed by atoms with van der Waals surface area (Å²) in [4.78, 5) is 13.6. The van der Waals surface area contributed by atoms with Crippen molar-refractivity contribution < 1.29 is 8.78 Å². The molecule has 0 radical (unpaired) electrons. The number of anilines is 1. The number of nitrogens with zero attached hydrogens (tertiary/aromatic N) is 4. The lowest BCUT2D eigenvalue weighted by Gasteiger charge is -2.56. The molecule has 5 rings (SSSR count). The summed E-state index contributed by atoms with van der Waals surface area (Å²) < 4.78 is 26.7. The molecule has 126 valence electrons. The first-order valence-electron chi connectivity index (χ1n) is 8.26. The zero-order valence-corrected chi connectivity index (χ0v) is 13.8. The molecule has 3 saturated heterocycles. The van der Waals surface area contributed by atoms with Crippen LogP contribution in [0.15, 0.2) is 24.3 Å². The van der Waals surface area contributed by atoms with Gasteiger partial charge in [0, 0.05) is 49.2 Å². The first-order valence-corrected chi connectivity index (χ1v) is 8.26. The van der Waals surface area contributed by atoms with Crippen LogP contribution in [0.5, 0.6) is 0 Å². The van der Waals surface area contributed by atoms with Crippen LogP contribution in [-0.2, 0) is 6.54 Å². The maximum Gasteiger partial charge on any atom is 0.225 e. The van der Waals surface area contributed by atoms with Gasteiger partial charge in [0.15, 0.2) is 0 Å². The molecule has 0 aliphatic carbocycles. The Hall–Kier alpha value is -2.08. The van der Waals surface area contributed by atoms with Gasteiger partial charge in [-0.15, -0.1) is 0 Å². The molecule has 4 heterocycles. The van der Waals surface area contributed by atoms with Crippen molar-refractivity contribution in [2.75, 3.05) is 18.0 Å². The monoisotopic (exact) mass is 330 g/mol. The third-order valence-corrected chi connectivity index (χ3v) is 4.89. The van der Waals surface area contributed by atoms with Crippen molar-refractivity contribution in [2.45, 2.75) is 38.9 Å². The zero-order chi connectivity index (χ0) is 16.8. The van der Waals surface area contributed by atoms with E-state index in [9.17, 15) is 8.78 Å². The number of rotatable bonds is 3. The highest BCUT2D eigenvalue weighted by atomic mass is 19.1. The Kier molecular flexibility index (Phi) is 3.72. The summed E-state index contributed by atoms with van der Waals surface area (Å²) in [5.74, 6) is -0.236. The smallest absolute Gasteiger partial charge is 0.225 e. The lowest BCUT2D eigenvalue weighted by Crippen LogP contribution is -2.68. The fourth-order valence-electron chi connectivity index (χ4n) is 3.87. The molecule has 3 fully saturated rings. The van der Waals surface area contributed by atoms with E-state index in [4.69, 9.17) is 0 Å². The molecule has 0 spiro atoms. The lowest BCUT2D eigenvalue weighted by atomic mass is 9.87. The predicted molar refractivity (Wildman–Crippen MR) is 87.8 cm³/mol. The van der Waals surface area contributed by atoms with E-state index < -0.39 is 11.6 Å². The summed E-state index contributed by atoms with van der Waals surface area (Å²) in [7, 11) is 0. The maximum atomic E-state index is 13.4. The van der Waals surface area contributed by atoms with Crippen molar-refractivity contribution >= 4 is 5.95 Å². The Labute approximate surface area is 140 Å². The molecule has 3 aliphatic rings. The van der Waals surface area contributed by atoms with Gasteiger partial charge in [0.05, 0.1) is 0 Å². The molecule has 2 aromatic rings. The second kappa shape index (κ2) is 5.77. The number of hydrogen-bond acceptors (Lipinski definition) is 4. The topological polar surface area (TPSA) is 32.3 Å². The predicted octanol–water partition coefficient (Wildman–Crippen LogP) is 2.83. The summed E-state index contributed by atoms with van der Waals surface area (Å²) in [6.07, 6.45) is 1.12. The number of piperazine rings is 1. The van der Waals surface area contributed by atoms with Crippen LogP contribution in [0.2, 0.25) is 0 Å². The average Bonchev–Trinajstić information content (AvgIpc) is 2.51. The van der Waals surface area contributed by atoms with Crippen LogP contribution in [0.1, 0.15) is 23.4 Å². The minimum Gasteiger partial charge on any atom is -0.338 e. The first-order chi connectivity index (χ1) is 11.5. The van der Waals surface area contributed by atoms with E-state index in [1.54, 1.807) is 0 Å². The standard InChI is InChI=1S/C18H20F2N4/c1-11-3-12(2)22-18(21-11)23-9-16-7-17(10-23)24(16)8-13-4-14(19)6-15(20)5-13/h3-6,16-17H,7-10H2,1-2H3. The highest BCUT2D eigenvalue weighted by Gasteiger charge is 2.45. The molecule has 6 heteroatoms. The SMILES string of the molecule is Cc1cc(C)nc(N2CC3CC(C2)N3Cc2cc(F)cc(F)c2)n1. The Morgan fingerprint density at radius 3 is 2.12 bits per heavy atom. The Morgan fingerprint density at radius 1 is 0.958 bits per heavy atom. The maximum absolute atomic E-state index is 13.4. The van der Waals surface area contributed by atoms with E-state index in [2.05, 4.69) is 19.8 Å². The number of hydrogen-bond donors (Lipinski definition) is 0. The van der Waals surface area contributed by atoms with Crippen molar-refractivity contribution in [3.8, 4) is 0 Å². The summed E-state index contributed by atoms with van der Waals surface area (Å²) in [5.41, 5.74) is 2.64. The number of benzene rings is 1. The first kappa shape index (κ1) is 15.4. The Morgan fingerprint density at radius 2 is 1.54 bits per heavy atom. The van der Waals surface area contributed by atoms with E-state index in [1.807, 2.05) is 19.9 Å². The van der Waals surface area contributed by atoms with Crippen LogP contribution in [0.4, 0.5) is 14.7 Å². The van der Waals surface area contributed by atoms with E-state index in [0.29, 0.717) is 24.2 Å². The molecule has 0 N–H and O–H groups in total. The van der Waals surface area contributed by atoms with Crippen molar-refractivity contribution in [1.29, 1.82) is 0 Å². The van der Waals surface area contributed by atoms with Crippen LogP contribution in [-0.4, -0.2) is 40.0 Å². The molecule has 24 heavy (non-hydrogen) atoms. The van der Waals surface area contributed by atoms with Gasteiger partial charge in [-0.25, -0.2) is 18.7 Å². The highest BCUT2D eigenvalue weighted by molar-refractivity contribution is 5.36. The molecule has 0 amide bonds. The van der Waals surface area contributed by atoms with Gasteiger partial charge in [0.25, 0.3) is 0 Å². The Bertz CT molecular complexity index is 727. The summed E-state index contributed by atoms with van der Waals surface area (Å²) in [6.45, 7) is 6.27. The van der Waals surface area contributed by atoms with Gasteiger partial charge in [-0.1, -0.05) is 0 Å². The molecule has 2 atom stereocenters. The van der Waals surface area contributed by atoms with Crippen LogP contribution in [0.3, 0.4) is 0 Å². The van der Waals surface area contributed by atoms with Crippen LogP contribution < -0.4 is 4.90 Å². The molecule has 1 aromatic carbocycles. The van der Waals surface area contributed by atoms with Gasteiger partial charge >= 0.3 is 0 Å². The molecule has 3 aliphatic heterocycles. The zero-order valence-electron chi connectivity index (χ0n) is 13.8. The number of aromatic nitrogens is 2. The van der Waals surface area contributed by atoms with Crippen molar-refractivity contribution in [2.24, 2.45) is 0 Å². The van der Waals surface area contributed by atoms with Gasteiger partial charge in [0.1, 0.15) is 11.6 Å². The molecule has 2 unspecified atom stereocenters. The van der Waals surface area contributed by atoms with Gasteiger partial charge in [0.2, 0.25) is 5.95 Å². The third-order valence-electron chi connectivity index (χ3n) is 4.89. The van der Waals surface area contributed by atoms with Gasteiger partial charge in [-0.2, -0.15) is 0 Å². The Balaban J connectivity index is 1.46. The van der Waals surface area contributed by atoms with E-state index in [-0.39, 0.29) is 0 Å². The molecular formula is C18H20F2N4. The van der Waals surface area contributed by atoms with Crippen molar-refractivity contribution in [1.82, 2.24) is 14.9 Å². The second-order valence-electron chi connectivity index (χ2n) is 6.85. The molecule has 2 bridgehead atoms. The van der Waals surface area contributed by atoms with Gasteiger partial charge < -0.3 is 4.90 Å². The summed E-state index contributed by atoms with van der Waals surface area (Å²) in [5, 5.41) is 0. The van der Waals surface area contributed by atoms with Gasteiger partial charge in [-0.05, 0) is 44.0 Å². The largest absolute Gasteiger partial charge is 0.338 e. The second-order valence-corrected chi connectivity index (χ2v) is 6.85. The lowest BCUT2D eigenvalue weighted by molar-refractivity contribution is -0.00910. The minimum absolute atomic E-state index is 0.388. The van der Waals surface area contributed by atoms with E-state index in [1.165, 1.54) is 12.1 Å². The summed E-state index contributed by atoms with van der Waals surface area (Å²) in [6, 6.07) is 6.50. The number of halogens is 2. The molecular weight excluding hydrogens is 310 g/mol. The van der Waals surface area contributed by atoms with Crippen molar-refractivity contribution in [3.63, 3.8) is 0 Å². The molecule has 1 aromatic heterocycles. The quantitative estimate of drug-likeness (QED) is 0.866. The van der Waals surface area contributed by atoms with Gasteiger partial charge in [-0.3, -0.25) is 4.90 Å². The van der Waals surface area contributed by atoms with Crippen molar-refractivity contribution in [3.05, 3.63) is 52.9 Å². The third kappa shape index (κ3) is 2.86. The molecule has 4 nitrogen and oxygen atoms in total. The fourth-order valence-corrected chi connectivity index (χ4v) is 3.87. The number of piperidine rings is 1. The number of aryl methyl sites for hydroxylation is 2. The average molecular weight is 330 g/mol. The van der Waals surface area contributed by atoms with Crippen LogP contribution >= 0.6 is 0 Å². The highest BCUT2D eigenvalue weighted by Crippen LogP contribution is 2.35.